The minimum Gasteiger partial charge on any atom is -0.424 e. The van der Waals surface area contributed by atoms with Gasteiger partial charge in [-0.1, -0.05) is 13.8 Å². The zero-order valence-electron chi connectivity index (χ0n) is 9.62. The van der Waals surface area contributed by atoms with Crippen LogP contribution in [0.1, 0.15) is 32.0 Å². The highest BCUT2D eigenvalue weighted by molar-refractivity contribution is 4.82. The molecule has 1 aromatic heterocycles. The van der Waals surface area contributed by atoms with E-state index in [2.05, 4.69) is 29.4 Å². The van der Waals surface area contributed by atoms with Crippen LogP contribution < -0.4 is 5.32 Å². The maximum absolute atomic E-state index is 5.44. The van der Waals surface area contributed by atoms with Gasteiger partial charge in [0.05, 0.1) is 6.54 Å². The number of hydrogen-bond acceptors (Lipinski definition) is 5. The van der Waals surface area contributed by atoms with Gasteiger partial charge in [-0.15, -0.1) is 10.2 Å². The van der Waals surface area contributed by atoms with Crippen LogP contribution in [0.5, 0.6) is 0 Å². The van der Waals surface area contributed by atoms with Crippen molar-refractivity contribution in [2.75, 3.05) is 13.7 Å². The number of aromatic nitrogens is 2. The first kappa shape index (κ1) is 12.1. The Balaban J connectivity index is 2.29. The second-order valence-electron chi connectivity index (χ2n) is 3.72. The molecule has 5 nitrogen and oxygen atoms in total. The first-order chi connectivity index (χ1) is 7.22. The molecule has 0 atom stereocenters. The summed E-state index contributed by atoms with van der Waals surface area (Å²) in [4.78, 5) is 0. The summed E-state index contributed by atoms with van der Waals surface area (Å²) in [6.07, 6.45) is 1.69. The van der Waals surface area contributed by atoms with Crippen molar-refractivity contribution in [3.05, 3.63) is 11.8 Å². The number of ether oxygens (including phenoxy) is 1. The molecule has 0 amide bonds. The van der Waals surface area contributed by atoms with Crippen LogP contribution in [-0.2, 0) is 17.7 Å². The van der Waals surface area contributed by atoms with Crippen molar-refractivity contribution >= 4 is 0 Å². The summed E-state index contributed by atoms with van der Waals surface area (Å²) >= 11 is 0. The Hall–Kier alpha value is -0.940. The van der Waals surface area contributed by atoms with Crippen LogP contribution in [0, 0.1) is 0 Å². The largest absolute Gasteiger partial charge is 0.424 e. The van der Waals surface area contributed by atoms with E-state index in [4.69, 9.17) is 9.15 Å². The molecule has 0 unspecified atom stereocenters. The van der Waals surface area contributed by atoms with Crippen molar-refractivity contribution in [1.29, 1.82) is 0 Å². The van der Waals surface area contributed by atoms with Crippen LogP contribution in [0.2, 0.25) is 0 Å². The van der Waals surface area contributed by atoms with Gasteiger partial charge in [-0.2, -0.15) is 0 Å². The van der Waals surface area contributed by atoms with Crippen molar-refractivity contribution in [3.8, 4) is 0 Å². The fourth-order valence-corrected chi connectivity index (χ4v) is 1.12. The highest BCUT2D eigenvalue weighted by Gasteiger charge is 2.05. The Bertz CT molecular complexity index is 273. The van der Waals surface area contributed by atoms with Gasteiger partial charge in [0.1, 0.15) is 0 Å². The number of nitrogens with one attached hydrogen (secondary N) is 1. The highest BCUT2D eigenvalue weighted by Crippen LogP contribution is 2.02. The van der Waals surface area contributed by atoms with Gasteiger partial charge in [0.25, 0.3) is 0 Å². The maximum Gasteiger partial charge on any atom is 0.230 e. The fourth-order valence-electron chi connectivity index (χ4n) is 1.12. The molecule has 1 heterocycles. The van der Waals surface area contributed by atoms with Gasteiger partial charge in [0.15, 0.2) is 0 Å². The van der Waals surface area contributed by atoms with Crippen LogP contribution >= 0.6 is 0 Å². The molecule has 0 bridgehead atoms. The minimum absolute atomic E-state index is 0.425. The normalized spacial score (nSPS) is 11.2. The Morgan fingerprint density at radius 2 is 2.07 bits per heavy atom. The maximum atomic E-state index is 5.44. The van der Waals surface area contributed by atoms with Crippen LogP contribution in [0.25, 0.3) is 0 Å². The second kappa shape index (κ2) is 6.53. The summed E-state index contributed by atoms with van der Waals surface area (Å²) < 4.78 is 10.4. The molecule has 0 aliphatic carbocycles. The zero-order valence-corrected chi connectivity index (χ0v) is 9.62. The Morgan fingerprint density at radius 1 is 1.33 bits per heavy atom. The average molecular weight is 213 g/mol. The standard InChI is InChI=1S/C10H19N3O2/c1-8(2)11-7-10-13-12-9(15-10)5-4-6-14-3/h8,11H,4-7H2,1-3H3. The molecule has 0 saturated carbocycles. The molecule has 15 heavy (non-hydrogen) atoms. The number of rotatable bonds is 7. The third kappa shape index (κ3) is 4.90. The van der Waals surface area contributed by atoms with E-state index in [1.807, 2.05) is 0 Å². The van der Waals surface area contributed by atoms with Crippen molar-refractivity contribution in [2.45, 2.75) is 39.3 Å². The molecular formula is C10H19N3O2. The summed E-state index contributed by atoms with van der Waals surface area (Å²) in [6.45, 7) is 5.52. The van der Waals surface area contributed by atoms with Crippen LogP contribution in [0.15, 0.2) is 4.42 Å². The molecule has 0 spiro atoms. The summed E-state index contributed by atoms with van der Waals surface area (Å²) in [5.41, 5.74) is 0. The first-order valence-corrected chi connectivity index (χ1v) is 5.26. The number of aryl methyl sites for hydroxylation is 1. The van der Waals surface area contributed by atoms with Crippen molar-refractivity contribution in [2.24, 2.45) is 0 Å². The summed E-state index contributed by atoms with van der Waals surface area (Å²) in [5, 5.41) is 11.1. The third-order valence-corrected chi connectivity index (χ3v) is 1.91. The number of methoxy groups -OCH3 is 1. The molecule has 86 valence electrons. The predicted molar refractivity (Wildman–Crippen MR) is 56.5 cm³/mol. The molecule has 1 rings (SSSR count). The van der Waals surface area contributed by atoms with E-state index >= 15 is 0 Å². The van der Waals surface area contributed by atoms with Gasteiger partial charge in [0.2, 0.25) is 11.8 Å². The van der Waals surface area contributed by atoms with E-state index in [1.54, 1.807) is 7.11 Å². The lowest BCUT2D eigenvalue weighted by Crippen LogP contribution is -2.21. The van der Waals surface area contributed by atoms with Gasteiger partial charge in [0, 0.05) is 26.2 Å². The first-order valence-electron chi connectivity index (χ1n) is 5.26. The van der Waals surface area contributed by atoms with E-state index in [0.29, 0.717) is 24.4 Å². The lowest BCUT2D eigenvalue weighted by molar-refractivity contribution is 0.192. The van der Waals surface area contributed by atoms with Gasteiger partial charge in [-0.25, -0.2) is 0 Å². The van der Waals surface area contributed by atoms with E-state index in [0.717, 1.165) is 19.4 Å². The number of hydrogen-bond donors (Lipinski definition) is 1. The molecule has 0 aliphatic heterocycles. The van der Waals surface area contributed by atoms with Crippen molar-refractivity contribution in [1.82, 2.24) is 15.5 Å². The van der Waals surface area contributed by atoms with Crippen LogP contribution in [0.4, 0.5) is 0 Å². The number of nitrogens with zero attached hydrogens (tertiary/aromatic N) is 2. The molecule has 1 N–H and O–H groups in total. The van der Waals surface area contributed by atoms with Gasteiger partial charge in [-0.05, 0) is 6.42 Å². The summed E-state index contributed by atoms with van der Waals surface area (Å²) in [7, 11) is 1.69. The third-order valence-electron chi connectivity index (χ3n) is 1.91. The smallest absolute Gasteiger partial charge is 0.230 e. The predicted octanol–water partition coefficient (Wildman–Crippen LogP) is 1.15. The van der Waals surface area contributed by atoms with Crippen LogP contribution in [0.3, 0.4) is 0 Å². The molecular weight excluding hydrogens is 194 g/mol. The van der Waals surface area contributed by atoms with Gasteiger partial charge >= 0.3 is 0 Å². The molecule has 0 radical (unpaired) electrons. The van der Waals surface area contributed by atoms with Crippen molar-refractivity contribution < 1.29 is 9.15 Å². The SMILES string of the molecule is COCCCc1nnc(CNC(C)C)o1. The van der Waals surface area contributed by atoms with Crippen LogP contribution in [-0.4, -0.2) is 30.0 Å². The average Bonchev–Trinajstić information content (AvgIpc) is 2.63. The molecule has 0 saturated heterocycles. The highest BCUT2D eigenvalue weighted by atomic mass is 16.5. The monoisotopic (exact) mass is 213 g/mol. The molecule has 5 heteroatoms. The summed E-state index contributed by atoms with van der Waals surface area (Å²) in [5.74, 6) is 1.34. The zero-order chi connectivity index (χ0) is 11.1. The molecule has 1 aromatic rings. The quantitative estimate of drug-likeness (QED) is 0.688. The van der Waals surface area contributed by atoms with E-state index in [-0.39, 0.29) is 0 Å². The fraction of sp³-hybridized carbons (Fsp3) is 0.800. The second-order valence-corrected chi connectivity index (χ2v) is 3.72. The van der Waals surface area contributed by atoms with Gasteiger partial charge in [-0.3, -0.25) is 0 Å². The topological polar surface area (TPSA) is 60.2 Å². The summed E-state index contributed by atoms with van der Waals surface area (Å²) in [6, 6.07) is 0.425. The molecule has 0 fully saturated rings. The Morgan fingerprint density at radius 3 is 2.73 bits per heavy atom. The Labute approximate surface area is 90.2 Å². The lowest BCUT2D eigenvalue weighted by Gasteiger charge is -2.03. The lowest BCUT2D eigenvalue weighted by atomic mass is 10.3. The Kier molecular flexibility index (Phi) is 5.28. The molecule has 0 aliphatic rings. The minimum atomic E-state index is 0.425. The van der Waals surface area contributed by atoms with E-state index in [1.165, 1.54) is 0 Å². The van der Waals surface area contributed by atoms with Crippen molar-refractivity contribution in [3.63, 3.8) is 0 Å². The van der Waals surface area contributed by atoms with Gasteiger partial charge < -0.3 is 14.5 Å². The van der Waals surface area contributed by atoms with E-state index < -0.39 is 0 Å². The molecule has 0 aromatic carbocycles. The van der Waals surface area contributed by atoms with E-state index in [9.17, 15) is 0 Å².